The number of rotatable bonds is 3. The minimum atomic E-state index is -4.54. The summed E-state index contributed by atoms with van der Waals surface area (Å²) in [6.07, 6.45) is -3.36. The number of halogens is 4. The van der Waals surface area contributed by atoms with Crippen LogP contribution in [-0.4, -0.2) is 20.8 Å². The minimum absolute atomic E-state index is 0.0124. The van der Waals surface area contributed by atoms with Crippen molar-refractivity contribution < 1.29 is 18.3 Å². The highest BCUT2D eigenvalue weighted by atomic mass is 127. The van der Waals surface area contributed by atoms with Gasteiger partial charge in [0.2, 0.25) is 0 Å². The Bertz CT molecular complexity index is 842. The number of hydrogen-bond donors (Lipinski definition) is 1. The number of benzene rings is 1. The van der Waals surface area contributed by atoms with Crippen LogP contribution in [0.4, 0.5) is 13.2 Å². The molecule has 23 heavy (non-hydrogen) atoms. The third-order valence-corrected chi connectivity index (χ3v) is 3.97. The van der Waals surface area contributed by atoms with E-state index in [-0.39, 0.29) is 9.26 Å². The molecule has 0 aliphatic rings. The highest BCUT2D eigenvalue weighted by Gasteiger charge is 2.30. The van der Waals surface area contributed by atoms with Crippen LogP contribution in [0.25, 0.3) is 5.69 Å². The number of aliphatic hydroxyl groups excluding tert-OH is 1. The Balaban J connectivity index is 2.73. The molecule has 1 atom stereocenters. The Kier molecular flexibility index (Phi) is 4.99. The van der Waals surface area contributed by atoms with Gasteiger partial charge in [-0.2, -0.15) is 13.2 Å². The Morgan fingerprint density at radius 2 is 1.96 bits per heavy atom. The van der Waals surface area contributed by atoms with Crippen molar-refractivity contribution in [2.24, 2.45) is 0 Å². The largest absolute Gasteiger partial charge is 0.416 e. The lowest BCUT2D eigenvalue weighted by atomic mass is 10.2. The highest BCUT2D eigenvalue weighted by Crippen LogP contribution is 2.30. The molecule has 1 aromatic heterocycles. The second kappa shape index (κ2) is 6.48. The fraction of sp³-hybridized carbons (Fsp3) is 0.286. The fourth-order valence-corrected chi connectivity index (χ4v) is 2.57. The summed E-state index contributed by atoms with van der Waals surface area (Å²) in [6, 6.07) is 3.46. The van der Waals surface area contributed by atoms with Gasteiger partial charge in [-0.15, -0.1) is 0 Å². The van der Waals surface area contributed by atoms with Gasteiger partial charge in [0, 0.05) is 6.20 Å². The summed E-state index contributed by atoms with van der Waals surface area (Å²) in [4.78, 5) is 24.5. The van der Waals surface area contributed by atoms with E-state index in [1.807, 2.05) is 0 Å². The molecule has 1 N–H and O–H groups in total. The predicted molar refractivity (Wildman–Crippen MR) is 85.8 cm³/mol. The van der Waals surface area contributed by atoms with Gasteiger partial charge >= 0.3 is 11.9 Å². The van der Waals surface area contributed by atoms with Gasteiger partial charge in [0.1, 0.15) is 0 Å². The van der Waals surface area contributed by atoms with Crippen molar-refractivity contribution in [2.45, 2.75) is 19.1 Å². The van der Waals surface area contributed by atoms with Gasteiger partial charge in [-0.3, -0.25) is 13.9 Å². The normalized spacial score (nSPS) is 13.1. The molecule has 0 saturated heterocycles. The first-order chi connectivity index (χ1) is 10.7. The summed E-state index contributed by atoms with van der Waals surface area (Å²) >= 11 is 1.70. The molecule has 124 valence electrons. The van der Waals surface area contributed by atoms with Crippen LogP contribution in [0, 0.1) is 3.57 Å². The molecular formula is C14H12F3IN2O3. The minimum Gasteiger partial charge on any atom is -0.394 e. The third kappa shape index (κ3) is 3.50. The van der Waals surface area contributed by atoms with E-state index in [1.54, 1.807) is 22.6 Å². The summed E-state index contributed by atoms with van der Waals surface area (Å²) in [5.74, 6) is 0. The molecule has 2 rings (SSSR count). The molecule has 9 heteroatoms. The number of aromatic nitrogens is 2. The van der Waals surface area contributed by atoms with E-state index in [4.69, 9.17) is 0 Å². The lowest BCUT2D eigenvalue weighted by molar-refractivity contribution is -0.137. The molecular weight excluding hydrogens is 428 g/mol. The molecule has 0 bridgehead atoms. The SMILES string of the molecule is CC(CO)n1c(=O)c(I)cn(-c2cccc(C(F)(F)F)c2)c1=O. The van der Waals surface area contributed by atoms with Crippen LogP contribution in [-0.2, 0) is 6.18 Å². The van der Waals surface area contributed by atoms with Crippen LogP contribution < -0.4 is 11.2 Å². The highest BCUT2D eigenvalue weighted by molar-refractivity contribution is 14.1. The summed E-state index contributed by atoms with van der Waals surface area (Å²) in [7, 11) is 0. The van der Waals surface area contributed by atoms with E-state index >= 15 is 0 Å². The molecule has 0 radical (unpaired) electrons. The molecule has 0 saturated carbocycles. The smallest absolute Gasteiger partial charge is 0.394 e. The Morgan fingerprint density at radius 3 is 2.52 bits per heavy atom. The summed E-state index contributed by atoms with van der Waals surface area (Å²) in [5, 5.41) is 9.18. The molecule has 0 amide bonds. The van der Waals surface area contributed by atoms with Crippen LogP contribution in [0.1, 0.15) is 18.5 Å². The van der Waals surface area contributed by atoms with Gasteiger partial charge in [0.15, 0.2) is 0 Å². The molecule has 5 nitrogen and oxygen atoms in total. The first-order valence-corrected chi connectivity index (χ1v) is 7.57. The van der Waals surface area contributed by atoms with E-state index in [0.717, 1.165) is 21.3 Å². The van der Waals surface area contributed by atoms with Crippen molar-refractivity contribution in [3.8, 4) is 5.69 Å². The zero-order valence-corrected chi connectivity index (χ0v) is 14.0. The zero-order valence-electron chi connectivity index (χ0n) is 11.8. The van der Waals surface area contributed by atoms with E-state index < -0.39 is 35.6 Å². The van der Waals surface area contributed by atoms with Crippen LogP contribution in [0.15, 0.2) is 40.1 Å². The Morgan fingerprint density at radius 1 is 1.30 bits per heavy atom. The van der Waals surface area contributed by atoms with Crippen LogP contribution in [0.2, 0.25) is 0 Å². The number of hydrogen-bond acceptors (Lipinski definition) is 3. The Hall–Kier alpha value is -1.62. The maximum atomic E-state index is 12.8. The van der Waals surface area contributed by atoms with Gasteiger partial charge in [0.25, 0.3) is 5.56 Å². The van der Waals surface area contributed by atoms with Gasteiger partial charge < -0.3 is 5.11 Å². The zero-order chi connectivity index (χ0) is 17.4. The third-order valence-electron chi connectivity index (χ3n) is 3.23. The standard InChI is InChI=1S/C14H12F3IN2O3/c1-8(7-21)20-12(22)11(18)6-19(13(20)23)10-4-2-3-9(5-10)14(15,16)17/h2-6,8,21H,7H2,1H3. The molecule has 1 unspecified atom stereocenters. The van der Waals surface area contributed by atoms with Crippen LogP contribution in [0.3, 0.4) is 0 Å². The lowest BCUT2D eigenvalue weighted by Crippen LogP contribution is -2.42. The molecule has 1 aromatic carbocycles. The van der Waals surface area contributed by atoms with E-state index in [9.17, 15) is 27.9 Å². The number of aliphatic hydroxyl groups is 1. The number of nitrogens with zero attached hydrogens (tertiary/aromatic N) is 2. The monoisotopic (exact) mass is 440 g/mol. The molecule has 0 spiro atoms. The van der Waals surface area contributed by atoms with Crippen molar-refractivity contribution in [2.75, 3.05) is 6.61 Å². The second-order valence-corrected chi connectivity index (χ2v) is 6.05. The van der Waals surface area contributed by atoms with Crippen LogP contribution >= 0.6 is 22.6 Å². The average molecular weight is 440 g/mol. The van der Waals surface area contributed by atoms with E-state index in [1.165, 1.54) is 25.3 Å². The van der Waals surface area contributed by atoms with E-state index in [0.29, 0.717) is 0 Å². The second-order valence-electron chi connectivity index (χ2n) is 4.88. The van der Waals surface area contributed by atoms with Crippen molar-refractivity contribution in [1.82, 2.24) is 9.13 Å². The lowest BCUT2D eigenvalue weighted by Gasteiger charge is -2.16. The fourth-order valence-electron chi connectivity index (χ4n) is 2.03. The van der Waals surface area contributed by atoms with Gasteiger partial charge in [-0.25, -0.2) is 4.79 Å². The Labute approximate surface area is 142 Å². The predicted octanol–water partition coefficient (Wildman–Crippen LogP) is 2.18. The summed E-state index contributed by atoms with van der Waals surface area (Å²) in [6.45, 7) is 1.02. The van der Waals surface area contributed by atoms with E-state index in [2.05, 4.69) is 0 Å². The molecule has 1 heterocycles. The average Bonchev–Trinajstić information content (AvgIpc) is 2.50. The van der Waals surface area contributed by atoms with Crippen molar-refractivity contribution in [3.05, 3.63) is 60.4 Å². The molecule has 0 fully saturated rings. The van der Waals surface area contributed by atoms with Gasteiger partial charge in [-0.1, -0.05) is 6.07 Å². The molecule has 0 aliphatic heterocycles. The van der Waals surface area contributed by atoms with Crippen LogP contribution in [0.5, 0.6) is 0 Å². The maximum Gasteiger partial charge on any atom is 0.416 e. The summed E-state index contributed by atoms with van der Waals surface area (Å²) in [5.41, 5.74) is -2.32. The summed E-state index contributed by atoms with van der Waals surface area (Å²) < 4.78 is 40.4. The van der Waals surface area contributed by atoms with Gasteiger partial charge in [0.05, 0.1) is 27.5 Å². The number of alkyl halides is 3. The van der Waals surface area contributed by atoms with Crippen molar-refractivity contribution >= 4 is 22.6 Å². The first kappa shape index (κ1) is 17.7. The quantitative estimate of drug-likeness (QED) is 0.745. The van der Waals surface area contributed by atoms with Crippen molar-refractivity contribution in [3.63, 3.8) is 0 Å². The molecule has 0 aliphatic carbocycles. The van der Waals surface area contributed by atoms with Crippen molar-refractivity contribution in [1.29, 1.82) is 0 Å². The topological polar surface area (TPSA) is 64.2 Å². The maximum absolute atomic E-state index is 12.8. The molecule has 2 aromatic rings. The first-order valence-electron chi connectivity index (χ1n) is 6.49. The van der Waals surface area contributed by atoms with Gasteiger partial charge in [-0.05, 0) is 47.7 Å².